The van der Waals surface area contributed by atoms with Crippen LogP contribution in [0.3, 0.4) is 0 Å². The van der Waals surface area contributed by atoms with E-state index in [-0.39, 0.29) is 5.82 Å². The number of nitrogens with two attached hydrogens (primary N) is 1. The summed E-state index contributed by atoms with van der Waals surface area (Å²) < 4.78 is 13.6. The van der Waals surface area contributed by atoms with Crippen LogP contribution >= 0.6 is 0 Å². The number of rotatable bonds is 5. The lowest BCUT2D eigenvalue weighted by Crippen LogP contribution is -2.24. The van der Waals surface area contributed by atoms with E-state index in [4.69, 9.17) is 5.73 Å². The van der Waals surface area contributed by atoms with Crippen LogP contribution < -0.4 is 10.6 Å². The molecule has 2 rings (SSSR count). The highest BCUT2D eigenvalue weighted by molar-refractivity contribution is 5.48. The molecule has 2 nitrogen and oxygen atoms in total. The van der Waals surface area contributed by atoms with Gasteiger partial charge in [0.25, 0.3) is 0 Å². The number of benzene rings is 1. The minimum absolute atomic E-state index is 0.158. The molecule has 1 aliphatic rings. The smallest absolute Gasteiger partial charge is 0.125 e. The summed E-state index contributed by atoms with van der Waals surface area (Å²) in [6, 6.07) is 5.26. The maximum absolute atomic E-state index is 13.6. The standard InChI is InChI=1S/C15H23FN2/c1-18(11-12-4-2-3-5-12)15-9-13(6-7-17)8-14(16)10-15/h8-10,12H,2-7,11,17H2,1H3. The third-order valence-corrected chi connectivity index (χ3v) is 3.82. The minimum atomic E-state index is -0.158. The molecule has 2 N–H and O–H groups in total. The summed E-state index contributed by atoms with van der Waals surface area (Å²) in [7, 11) is 2.05. The highest BCUT2D eigenvalue weighted by Crippen LogP contribution is 2.27. The molecule has 1 fully saturated rings. The van der Waals surface area contributed by atoms with Gasteiger partial charge in [-0.15, -0.1) is 0 Å². The van der Waals surface area contributed by atoms with Crippen LogP contribution in [-0.2, 0) is 6.42 Å². The second-order valence-electron chi connectivity index (χ2n) is 5.39. The number of halogens is 1. The molecule has 0 unspecified atom stereocenters. The zero-order valence-electron chi connectivity index (χ0n) is 11.2. The molecular weight excluding hydrogens is 227 g/mol. The molecule has 3 heteroatoms. The van der Waals surface area contributed by atoms with Gasteiger partial charge in [0.05, 0.1) is 0 Å². The fourth-order valence-electron chi connectivity index (χ4n) is 2.85. The second kappa shape index (κ2) is 6.19. The fourth-order valence-corrected chi connectivity index (χ4v) is 2.85. The Bertz CT molecular complexity index is 386. The molecule has 0 spiro atoms. The molecule has 0 radical (unpaired) electrons. The van der Waals surface area contributed by atoms with E-state index in [9.17, 15) is 4.39 Å². The maximum atomic E-state index is 13.6. The zero-order valence-corrected chi connectivity index (χ0v) is 11.2. The maximum Gasteiger partial charge on any atom is 0.125 e. The van der Waals surface area contributed by atoms with Gasteiger partial charge in [0.2, 0.25) is 0 Å². The van der Waals surface area contributed by atoms with Gasteiger partial charge in [-0.25, -0.2) is 4.39 Å². The van der Waals surface area contributed by atoms with E-state index in [2.05, 4.69) is 18.0 Å². The Morgan fingerprint density at radius 2 is 2.00 bits per heavy atom. The van der Waals surface area contributed by atoms with Crippen molar-refractivity contribution in [3.63, 3.8) is 0 Å². The lowest BCUT2D eigenvalue weighted by molar-refractivity contribution is 0.546. The van der Waals surface area contributed by atoms with Crippen molar-refractivity contribution in [1.29, 1.82) is 0 Å². The molecule has 0 aliphatic heterocycles. The van der Waals surface area contributed by atoms with E-state index in [1.165, 1.54) is 25.7 Å². The predicted octanol–water partition coefficient (Wildman–Crippen LogP) is 2.95. The average molecular weight is 250 g/mol. The predicted molar refractivity (Wildman–Crippen MR) is 74.4 cm³/mol. The van der Waals surface area contributed by atoms with E-state index in [1.54, 1.807) is 12.1 Å². The van der Waals surface area contributed by atoms with Crippen molar-refractivity contribution < 1.29 is 4.39 Å². The van der Waals surface area contributed by atoms with E-state index in [0.717, 1.165) is 30.1 Å². The van der Waals surface area contributed by atoms with Crippen molar-refractivity contribution >= 4 is 5.69 Å². The summed E-state index contributed by atoms with van der Waals surface area (Å²) in [5, 5.41) is 0. The van der Waals surface area contributed by atoms with E-state index in [0.29, 0.717) is 6.54 Å². The van der Waals surface area contributed by atoms with Gasteiger partial charge in [-0.1, -0.05) is 12.8 Å². The van der Waals surface area contributed by atoms with Crippen LogP contribution in [0.4, 0.5) is 10.1 Å². The molecule has 100 valence electrons. The topological polar surface area (TPSA) is 29.3 Å². The van der Waals surface area contributed by atoms with E-state index >= 15 is 0 Å². The fraction of sp³-hybridized carbons (Fsp3) is 0.600. The molecule has 1 saturated carbocycles. The van der Waals surface area contributed by atoms with Gasteiger partial charge in [-0.2, -0.15) is 0 Å². The molecule has 0 heterocycles. The number of anilines is 1. The molecule has 0 saturated heterocycles. The molecule has 0 bridgehead atoms. The summed E-state index contributed by atoms with van der Waals surface area (Å²) in [5.41, 5.74) is 7.50. The van der Waals surface area contributed by atoms with E-state index in [1.807, 2.05) is 0 Å². The summed E-state index contributed by atoms with van der Waals surface area (Å²) >= 11 is 0. The van der Waals surface area contributed by atoms with Gasteiger partial charge in [0.1, 0.15) is 5.82 Å². The Balaban J connectivity index is 2.05. The van der Waals surface area contributed by atoms with Crippen molar-refractivity contribution in [3.8, 4) is 0 Å². The molecule has 1 aromatic rings. The van der Waals surface area contributed by atoms with Crippen molar-refractivity contribution in [3.05, 3.63) is 29.6 Å². The van der Waals surface area contributed by atoms with Crippen LogP contribution in [0, 0.1) is 11.7 Å². The molecule has 0 atom stereocenters. The van der Waals surface area contributed by atoms with Gasteiger partial charge in [-0.05, 0) is 55.5 Å². The highest BCUT2D eigenvalue weighted by Gasteiger charge is 2.17. The Hall–Kier alpha value is -1.09. The molecule has 0 aromatic heterocycles. The Kier molecular flexibility index (Phi) is 4.59. The van der Waals surface area contributed by atoms with Gasteiger partial charge >= 0.3 is 0 Å². The number of hydrogen-bond donors (Lipinski definition) is 1. The summed E-state index contributed by atoms with van der Waals surface area (Å²) in [6.07, 6.45) is 6.06. The zero-order chi connectivity index (χ0) is 13.0. The second-order valence-corrected chi connectivity index (χ2v) is 5.39. The molecule has 1 aromatic carbocycles. The first-order valence-electron chi connectivity index (χ1n) is 6.89. The van der Waals surface area contributed by atoms with Crippen molar-refractivity contribution in [2.45, 2.75) is 32.1 Å². The largest absolute Gasteiger partial charge is 0.374 e. The van der Waals surface area contributed by atoms with Crippen molar-refractivity contribution in [2.24, 2.45) is 11.7 Å². The lowest BCUT2D eigenvalue weighted by Gasteiger charge is -2.23. The van der Waals surface area contributed by atoms with Crippen molar-refractivity contribution in [2.75, 3.05) is 25.0 Å². The molecule has 0 amide bonds. The van der Waals surface area contributed by atoms with Crippen LogP contribution in [0.15, 0.2) is 18.2 Å². The lowest BCUT2D eigenvalue weighted by atomic mass is 10.1. The van der Waals surface area contributed by atoms with Gasteiger partial charge in [-0.3, -0.25) is 0 Å². The van der Waals surface area contributed by atoms with Crippen LogP contribution in [0.2, 0.25) is 0 Å². The Morgan fingerprint density at radius 3 is 2.67 bits per heavy atom. The van der Waals surface area contributed by atoms with Gasteiger partial charge in [0, 0.05) is 19.3 Å². The Labute approximate surface area is 109 Å². The third kappa shape index (κ3) is 3.45. The SMILES string of the molecule is CN(CC1CCCC1)c1cc(F)cc(CCN)c1. The van der Waals surface area contributed by atoms with Crippen LogP contribution in [0.5, 0.6) is 0 Å². The summed E-state index contributed by atoms with van der Waals surface area (Å²) in [5.74, 6) is 0.616. The minimum Gasteiger partial charge on any atom is -0.374 e. The van der Waals surface area contributed by atoms with Crippen LogP contribution in [0.25, 0.3) is 0 Å². The monoisotopic (exact) mass is 250 g/mol. The molecular formula is C15H23FN2. The highest BCUT2D eigenvalue weighted by atomic mass is 19.1. The molecule has 1 aliphatic carbocycles. The third-order valence-electron chi connectivity index (χ3n) is 3.82. The number of nitrogens with zero attached hydrogens (tertiary/aromatic N) is 1. The molecule has 18 heavy (non-hydrogen) atoms. The average Bonchev–Trinajstić information content (AvgIpc) is 2.81. The summed E-state index contributed by atoms with van der Waals surface area (Å²) in [6.45, 7) is 1.60. The van der Waals surface area contributed by atoms with E-state index < -0.39 is 0 Å². The van der Waals surface area contributed by atoms with Crippen molar-refractivity contribution in [1.82, 2.24) is 0 Å². The normalized spacial score (nSPS) is 16.2. The number of hydrogen-bond acceptors (Lipinski definition) is 2. The van der Waals surface area contributed by atoms with Gasteiger partial charge in [0.15, 0.2) is 0 Å². The first kappa shape index (κ1) is 13.3. The quantitative estimate of drug-likeness (QED) is 0.870. The van der Waals surface area contributed by atoms with Gasteiger partial charge < -0.3 is 10.6 Å². The van der Waals surface area contributed by atoms with Crippen LogP contribution in [-0.4, -0.2) is 20.1 Å². The van der Waals surface area contributed by atoms with Crippen LogP contribution in [0.1, 0.15) is 31.2 Å². The first-order valence-corrected chi connectivity index (χ1v) is 6.89. The Morgan fingerprint density at radius 1 is 1.28 bits per heavy atom. The first-order chi connectivity index (χ1) is 8.69. The summed E-state index contributed by atoms with van der Waals surface area (Å²) in [4.78, 5) is 2.18.